The van der Waals surface area contributed by atoms with Crippen LogP contribution in [0.4, 0.5) is 5.69 Å². The molecule has 0 radical (unpaired) electrons. The molecule has 114 valence electrons. The van der Waals surface area contributed by atoms with Crippen molar-refractivity contribution in [3.05, 3.63) is 62.7 Å². The maximum atomic E-state index is 11.7. The summed E-state index contributed by atoms with van der Waals surface area (Å²) in [7, 11) is 0. The molecule has 0 aliphatic rings. The van der Waals surface area contributed by atoms with Gasteiger partial charge < -0.3 is 15.9 Å². The molecule has 0 unspecified atom stereocenters. The molecule has 3 N–H and O–H groups in total. The number of nitrogens with zero attached hydrogens (tertiary/aromatic N) is 1. The Morgan fingerprint density at radius 2 is 2.05 bits per heavy atom. The van der Waals surface area contributed by atoms with Gasteiger partial charge in [0.05, 0.1) is 0 Å². The van der Waals surface area contributed by atoms with Crippen molar-refractivity contribution in [1.29, 1.82) is 0 Å². The van der Waals surface area contributed by atoms with E-state index in [2.05, 4.69) is 33.1 Å². The Bertz CT molecular complexity index is 707. The summed E-state index contributed by atoms with van der Waals surface area (Å²) in [4.78, 5) is 16.7. The van der Waals surface area contributed by atoms with Crippen molar-refractivity contribution < 1.29 is 9.63 Å². The molecule has 2 aromatic rings. The number of rotatable bonds is 5. The highest BCUT2D eigenvalue weighted by molar-refractivity contribution is 14.1. The number of hydrogen-bond donors (Lipinski definition) is 2. The molecule has 0 aliphatic heterocycles. The molecule has 0 saturated carbocycles. The third-order valence-corrected chi connectivity index (χ3v) is 3.49. The van der Waals surface area contributed by atoms with Crippen molar-refractivity contribution in [2.75, 3.05) is 11.9 Å². The van der Waals surface area contributed by atoms with Crippen LogP contribution in [0.25, 0.3) is 0 Å². The number of carbonyl (C=O) groups is 1. The normalized spacial score (nSPS) is 11.1. The fourth-order valence-corrected chi connectivity index (χ4v) is 2.36. The van der Waals surface area contributed by atoms with Gasteiger partial charge in [-0.2, -0.15) is 0 Å². The standard InChI is InChI=1S/C15H13ClIN3O2/c16-11-4-1-3-10(7-11)15(18)20-22-9-14(21)19-13-6-2-5-12(17)8-13/h1-8H,9H2,(H2,18,20)(H,19,21). The molecule has 0 spiro atoms. The van der Waals surface area contributed by atoms with Crippen LogP contribution in [0.5, 0.6) is 0 Å². The van der Waals surface area contributed by atoms with E-state index >= 15 is 0 Å². The van der Waals surface area contributed by atoms with Crippen LogP contribution in [0.15, 0.2) is 53.7 Å². The second-order valence-corrected chi connectivity index (χ2v) is 6.00. The fraction of sp³-hybridized carbons (Fsp3) is 0.0667. The number of benzene rings is 2. The van der Waals surface area contributed by atoms with E-state index in [1.54, 1.807) is 30.3 Å². The van der Waals surface area contributed by atoms with Crippen LogP contribution in [-0.2, 0) is 9.63 Å². The summed E-state index contributed by atoms with van der Waals surface area (Å²) in [6.07, 6.45) is 0. The number of anilines is 1. The third-order valence-electron chi connectivity index (χ3n) is 2.59. The van der Waals surface area contributed by atoms with Crippen molar-refractivity contribution in [1.82, 2.24) is 0 Å². The summed E-state index contributed by atoms with van der Waals surface area (Å²) in [6.45, 7) is -0.229. The zero-order valence-electron chi connectivity index (χ0n) is 11.4. The second-order valence-electron chi connectivity index (χ2n) is 4.32. The minimum atomic E-state index is -0.315. The Balaban J connectivity index is 1.87. The van der Waals surface area contributed by atoms with Crippen molar-refractivity contribution in [2.24, 2.45) is 10.9 Å². The highest BCUT2D eigenvalue weighted by Crippen LogP contribution is 2.12. The van der Waals surface area contributed by atoms with E-state index in [9.17, 15) is 4.79 Å². The van der Waals surface area contributed by atoms with E-state index in [0.29, 0.717) is 16.3 Å². The lowest BCUT2D eigenvalue weighted by molar-refractivity contribution is -0.120. The minimum absolute atomic E-state index is 0.157. The average Bonchev–Trinajstić information content (AvgIpc) is 2.47. The number of amides is 1. The summed E-state index contributed by atoms with van der Waals surface area (Å²) >= 11 is 8.03. The Labute approximate surface area is 146 Å². The number of halogens is 2. The van der Waals surface area contributed by atoms with Crippen LogP contribution < -0.4 is 11.1 Å². The van der Waals surface area contributed by atoms with Crippen molar-refractivity contribution in [3.8, 4) is 0 Å². The van der Waals surface area contributed by atoms with Crippen molar-refractivity contribution in [3.63, 3.8) is 0 Å². The van der Waals surface area contributed by atoms with E-state index < -0.39 is 0 Å². The summed E-state index contributed by atoms with van der Waals surface area (Å²) in [5.41, 5.74) is 7.09. The smallest absolute Gasteiger partial charge is 0.265 e. The molecule has 2 rings (SSSR count). The zero-order chi connectivity index (χ0) is 15.9. The number of hydrogen-bond acceptors (Lipinski definition) is 3. The van der Waals surface area contributed by atoms with Gasteiger partial charge in [0.2, 0.25) is 0 Å². The molecule has 0 bridgehead atoms. The first-order chi connectivity index (χ1) is 10.5. The Kier molecular flexibility index (Phi) is 6.02. The predicted octanol–water partition coefficient (Wildman–Crippen LogP) is 3.22. The molecule has 0 heterocycles. The van der Waals surface area contributed by atoms with Gasteiger partial charge in [-0.3, -0.25) is 4.79 Å². The zero-order valence-corrected chi connectivity index (χ0v) is 14.3. The van der Waals surface area contributed by atoms with E-state index in [4.69, 9.17) is 22.2 Å². The SMILES string of the molecule is N/C(=N\OCC(=O)Nc1cccc(I)c1)c1cccc(Cl)c1. The highest BCUT2D eigenvalue weighted by Gasteiger charge is 2.04. The van der Waals surface area contributed by atoms with E-state index in [1.807, 2.05) is 18.2 Å². The number of nitrogens with two attached hydrogens (primary N) is 1. The largest absolute Gasteiger partial charge is 0.384 e. The van der Waals surface area contributed by atoms with Crippen LogP contribution in [0.2, 0.25) is 5.02 Å². The third kappa shape index (κ3) is 5.19. The minimum Gasteiger partial charge on any atom is -0.384 e. The lowest BCUT2D eigenvalue weighted by atomic mass is 10.2. The van der Waals surface area contributed by atoms with Crippen LogP contribution in [0.3, 0.4) is 0 Å². The monoisotopic (exact) mass is 429 g/mol. The molecule has 5 nitrogen and oxygen atoms in total. The number of oxime groups is 1. The average molecular weight is 430 g/mol. The molecule has 0 aliphatic carbocycles. The molecule has 0 atom stereocenters. The second kappa shape index (κ2) is 8.00. The summed E-state index contributed by atoms with van der Waals surface area (Å²) < 4.78 is 1.03. The van der Waals surface area contributed by atoms with E-state index in [-0.39, 0.29) is 18.3 Å². The topological polar surface area (TPSA) is 76.7 Å². The van der Waals surface area contributed by atoms with Crippen LogP contribution in [0.1, 0.15) is 5.56 Å². The Morgan fingerprint density at radius 3 is 2.77 bits per heavy atom. The molecule has 22 heavy (non-hydrogen) atoms. The molecule has 1 amide bonds. The van der Waals surface area contributed by atoms with Gasteiger partial charge in [0.25, 0.3) is 5.91 Å². The molecule has 0 aromatic heterocycles. The van der Waals surface area contributed by atoms with Crippen molar-refractivity contribution >= 4 is 51.6 Å². The molecule has 0 saturated heterocycles. The Hall–Kier alpha value is -1.80. The number of amidine groups is 1. The number of carbonyl (C=O) groups excluding carboxylic acids is 1. The first kappa shape index (κ1) is 16.6. The van der Waals surface area contributed by atoms with Gasteiger partial charge in [0.15, 0.2) is 12.4 Å². The Morgan fingerprint density at radius 1 is 1.27 bits per heavy atom. The van der Waals surface area contributed by atoms with Crippen LogP contribution >= 0.6 is 34.2 Å². The lowest BCUT2D eigenvalue weighted by Gasteiger charge is -2.05. The summed E-state index contributed by atoms with van der Waals surface area (Å²) in [6, 6.07) is 14.3. The molecular weight excluding hydrogens is 417 g/mol. The van der Waals surface area contributed by atoms with Gasteiger partial charge >= 0.3 is 0 Å². The first-order valence-corrected chi connectivity index (χ1v) is 7.77. The molecular formula is C15H13ClIN3O2. The van der Waals surface area contributed by atoms with E-state index in [1.165, 1.54) is 0 Å². The van der Waals surface area contributed by atoms with Crippen molar-refractivity contribution in [2.45, 2.75) is 0 Å². The lowest BCUT2D eigenvalue weighted by Crippen LogP contribution is -2.19. The van der Waals surface area contributed by atoms with Gasteiger partial charge in [-0.15, -0.1) is 0 Å². The maximum Gasteiger partial charge on any atom is 0.265 e. The molecule has 2 aromatic carbocycles. The van der Waals surface area contributed by atoms with Gasteiger partial charge in [-0.1, -0.05) is 35.0 Å². The van der Waals surface area contributed by atoms with Gasteiger partial charge in [0.1, 0.15) is 0 Å². The van der Waals surface area contributed by atoms with Gasteiger partial charge in [0, 0.05) is 19.8 Å². The summed E-state index contributed by atoms with van der Waals surface area (Å²) in [5, 5.41) is 6.96. The fourth-order valence-electron chi connectivity index (χ4n) is 1.62. The predicted molar refractivity (Wildman–Crippen MR) is 95.9 cm³/mol. The van der Waals surface area contributed by atoms with E-state index in [0.717, 1.165) is 3.57 Å². The molecule has 7 heteroatoms. The molecule has 0 fully saturated rings. The maximum absolute atomic E-state index is 11.7. The van der Waals surface area contributed by atoms with Crippen LogP contribution in [-0.4, -0.2) is 18.3 Å². The summed E-state index contributed by atoms with van der Waals surface area (Å²) in [5.74, 6) is -0.158. The van der Waals surface area contributed by atoms with Gasteiger partial charge in [-0.05, 0) is 52.9 Å². The van der Waals surface area contributed by atoms with Crippen LogP contribution in [0, 0.1) is 3.57 Å². The highest BCUT2D eigenvalue weighted by atomic mass is 127. The quantitative estimate of drug-likeness (QED) is 0.332. The first-order valence-electron chi connectivity index (χ1n) is 6.31. The van der Waals surface area contributed by atoms with Gasteiger partial charge in [-0.25, -0.2) is 0 Å². The number of nitrogens with one attached hydrogen (secondary N) is 1.